The van der Waals surface area contributed by atoms with Crippen molar-refractivity contribution in [3.05, 3.63) is 28.0 Å². The molecule has 2 aliphatic rings. The molecule has 2 unspecified atom stereocenters. The molecule has 1 aliphatic heterocycles. The van der Waals surface area contributed by atoms with E-state index in [9.17, 15) is 14.7 Å². The Kier molecular flexibility index (Phi) is 5.68. The Labute approximate surface area is 195 Å². The first-order valence-corrected chi connectivity index (χ1v) is 11.6. The maximum absolute atomic E-state index is 12.6. The highest BCUT2D eigenvalue weighted by molar-refractivity contribution is 9.10. The largest absolute Gasteiger partial charge is 0.465 e. The summed E-state index contributed by atoms with van der Waals surface area (Å²) in [6, 6.07) is -0.166. The molecule has 2 aromatic heterocycles. The molecule has 3 heterocycles. The zero-order chi connectivity index (χ0) is 23.3. The monoisotopic (exact) mass is 504 g/mol. The van der Waals surface area contributed by atoms with Crippen LogP contribution in [0.1, 0.15) is 62.4 Å². The average Bonchev–Trinajstić information content (AvgIpc) is 3.30. The van der Waals surface area contributed by atoms with Crippen LogP contribution in [0.5, 0.6) is 0 Å². The Morgan fingerprint density at radius 3 is 2.75 bits per heavy atom. The molecule has 0 saturated heterocycles. The number of amides is 2. The maximum Gasteiger partial charge on any atom is 0.405 e. The normalized spacial score (nSPS) is 22.9. The summed E-state index contributed by atoms with van der Waals surface area (Å²) in [5.74, 6) is 0.444. The van der Waals surface area contributed by atoms with Gasteiger partial charge in [0.25, 0.3) is 5.91 Å². The summed E-state index contributed by atoms with van der Waals surface area (Å²) in [6.45, 7) is 6.61. The van der Waals surface area contributed by atoms with Crippen LogP contribution < -0.4 is 16.0 Å². The number of carbonyl (C=O) groups is 2. The first-order chi connectivity index (χ1) is 15.0. The van der Waals surface area contributed by atoms with Crippen LogP contribution in [0.4, 0.5) is 10.6 Å². The summed E-state index contributed by atoms with van der Waals surface area (Å²) in [4.78, 5) is 29.2. The molecule has 1 aliphatic carbocycles. The second-order valence-corrected chi connectivity index (χ2v) is 10.4. The second-order valence-electron chi connectivity index (χ2n) is 9.66. The van der Waals surface area contributed by atoms with Gasteiger partial charge >= 0.3 is 6.09 Å². The van der Waals surface area contributed by atoms with E-state index in [1.54, 1.807) is 10.9 Å². The summed E-state index contributed by atoms with van der Waals surface area (Å²) < 4.78 is 2.40. The number of carbonyl (C=O) groups excluding carboxylic acids is 1. The number of halogens is 1. The topological polar surface area (TPSA) is 121 Å². The van der Waals surface area contributed by atoms with Crippen LogP contribution in [0.3, 0.4) is 0 Å². The number of aromatic nitrogens is 3. The SMILES string of the molecule is Cn1cc(-c2nc(NC3CCCCC3(NC(=O)O)C(C)(C)C)c(Br)c3c2C(=O)NC3)cn1. The van der Waals surface area contributed by atoms with Crippen molar-refractivity contribution in [2.24, 2.45) is 12.5 Å². The van der Waals surface area contributed by atoms with E-state index in [-0.39, 0.29) is 17.4 Å². The summed E-state index contributed by atoms with van der Waals surface area (Å²) in [5, 5.41) is 23.2. The first kappa shape index (κ1) is 22.6. The highest BCUT2D eigenvalue weighted by Crippen LogP contribution is 2.45. The van der Waals surface area contributed by atoms with Gasteiger partial charge < -0.3 is 21.1 Å². The van der Waals surface area contributed by atoms with Crippen molar-refractivity contribution in [1.29, 1.82) is 0 Å². The van der Waals surface area contributed by atoms with Crippen molar-refractivity contribution in [1.82, 2.24) is 25.4 Å². The van der Waals surface area contributed by atoms with Crippen molar-refractivity contribution in [2.45, 2.75) is 64.6 Å². The van der Waals surface area contributed by atoms with Crippen molar-refractivity contribution in [3.8, 4) is 11.3 Å². The lowest BCUT2D eigenvalue weighted by Crippen LogP contribution is -2.67. The zero-order valence-corrected chi connectivity index (χ0v) is 20.3. The van der Waals surface area contributed by atoms with Crippen LogP contribution >= 0.6 is 15.9 Å². The van der Waals surface area contributed by atoms with E-state index in [2.05, 4.69) is 57.8 Å². The van der Waals surface area contributed by atoms with E-state index in [0.717, 1.165) is 41.3 Å². The molecule has 2 atom stereocenters. The standard InChI is InChI=1S/C22H29BrN6O3/c1-21(2,3)22(28-20(31)32)8-6-5-7-14(22)26-18-16(23)13-10-24-19(30)15(13)17(27-18)12-9-25-29(4)11-12/h9,11,14,28H,5-8,10H2,1-4H3,(H,24,30)(H,26,27)(H,31,32). The number of pyridine rings is 1. The Balaban J connectivity index is 1.81. The second kappa shape index (κ2) is 8.06. The maximum atomic E-state index is 12.6. The molecule has 1 fully saturated rings. The molecule has 10 heteroatoms. The Hall–Kier alpha value is -2.62. The molecule has 9 nitrogen and oxygen atoms in total. The minimum atomic E-state index is -1.03. The lowest BCUT2D eigenvalue weighted by molar-refractivity contribution is 0.0720. The van der Waals surface area contributed by atoms with Crippen molar-refractivity contribution in [2.75, 3.05) is 5.32 Å². The molecule has 4 rings (SSSR count). The molecule has 1 saturated carbocycles. The number of rotatable bonds is 4. The Morgan fingerprint density at radius 2 is 2.12 bits per heavy atom. The number of fused-ring (bicyclic) bond motifs is 1. The predicted octanol–water partition coefficient (Wildman–Crippen LogP) is 3.90. The molecule has 0 radical (unpaired) electrons. The van der Waals surface area contributed by atoms with Crippen LogP contribution in [0, 0.1) is 5.41 Å². The number of anilines is 1. The summed E-state index contributed by atoms with van der Waals surface area (Å²) in [7, 11) is 1.82. The zero-order valence-electron chi connectivity index (χ0n) is 18.8. The third kappa shape index (κ3) is 3.74. The van der Waals surface area contributed by atoms with Gasteiger partial charge in [0, 0.05) is 30.9 Å². The molecule has 2 amide bonds. The number of aryl methyl sites for hydroxylation is 1. The van der Waals surface area contributed by atoms with E-state index in [4.69, 9.17) is 4.98 Å². The van der Waals surface area contributed by atoms with Gasteiger partial charge in [0.05, 0.1) is 33.5 Å². The Bertz CT molecular complexity index is 1080. The molecule has 32 heavy (non-hydrogen) atoms. The van der Waals surface area contributed by atoms with Crippen molar-refractivity contribution < 1.29 is 14.7 Å². The third-order valence-electron chi connectivity index (χ3n) is 6.75. The number of hydrogen-bond acceptors (Lipinski definition) is 5. The highest BCUT2D eigenvalue weighted by Gasteiger charge is 2.51. The minimum absolute atomic E-state index is 0.159. The van der Waals surface area contributed by atoms with Gasteiger partial charge in [0.1, 0.15) is 5.82 Å². The third-order valence-corrected chi connectivity index (χ3v) is 7.61. The van der Waals surface area contributed by atoms with Crippen LogP contribution in [-0.2, 0) is 13.6 Å². The van der Waals surface area contributed by atoms with Crippen LogP contribution in [0.15, 0.2) is 16.9 Å². The van der Waals surface area contributed by atoms with E-state index in [0.29, 0.717) is 23.6 Å². The molecule has 0 aromatic carbocycles. The minimum Gasteiger partial charge on any atom is -0.465 e. The van der Waals surface area contributed by atoms with E-state index in [1.165, 1.54) is 0 Å². The van der Waals surface area contributed by atoms with Crippen LogP contribution in [0.25, 0.3) is 11.3 Å². The number of nitrogens with zero attached hydrogens (tertiary/aromatic N) is 3. The van der Waals surface area contributed by atoms with Crippen molar-refractivity contribution in [3.63, 3.8) is 0 Å². The summed E-state index contributed by atoms with van der Waals surface area (Å²) in [5.41, 5.74) is 1.72. The van der Waals surface area contributed by atoms with Gasteiger partial charge in [-0.2, -0.15) is 5.10 Å². The smallest absolute Gasteiger partial charge is 0.405 e. The van der Waals surface area contributed by atoms with Gasteiger partial charge in [-0.05, 0) is 34.2 Å². The van der Waals surface area contributed by atoms with Crippen LogP contribution in [-0.4, -0.2) is 43.5 Å². The van der Waals surface area contributed by atoms with Gasteiger partial charge in [-0.1, -0.05) is 33.6 Å². The fraction of sp³-hybridized carbons (Fsp3) is 0.545. The molecule has 172 valence electrons. The first-order valence-electron chi connectivity index (χ1n) is 10.8. The number of nitrogens with one attached hydrogen (secondary N) is 3. The van der Waals surface area contributed by atoms with Crippen molar-refractivity contribution >= 4 is 33.7 Å². The van der Waals surface area contributed by atoms with E-state index < -0.39 is 11.6 Å². The van der Waals surface area contributed by atoms with E-state index >= 15 is 0 Å². The lowest BCUT2D eigenvalue weighted by atomic mass is 9.63. The molecular weight excluding hydrogens is 476 g/mol. The lowest BCUT2D eigenvalue weighted by Gasteiger charge is -2.52. The molecule has 4 N–H and O–H groups in total. The highest BCUT2D eigenvalue weighted by atomic mass is 79.9. The fourth-order valence-corrected chi connectivity index (χ4v) is 5.63. The predicted molar refractivity (Wildman–Crippen MR) is 125 cm³/mol. The molecule has 0 spiro atoms. The van der Waals surface area contributed by atoms with Gasteiger partial charge in [0.2, 0.25) is 0 Å². The Morgan fingerprint density at radius 1 is 1.38 bits per heavy atom. The molecule has 2 aromatic rings. The summed E-state index contributed by atoms with van der Waals surface area (Å²) >= 11 is 3.66. The molecule has 0 bridgehead atoms. The van der Waals surface area contributed by atoms with Crippen LogP contribution in [0.2, 0.25) is 0 Å². The van der Waals surface area contributed by atoms with E-state index in [1.807, 2.05) is 13.2 Å². The average molecular weight is 505 g/mol. The van der Waals surface area contributed by atoms with Gasteiger partial charge in [0.15, 0.2) is 0 Å². The summed E-state index contributed by atoms with van der Waals surface area (Å²) in [6.07, 6.45) is 5.99. The quantitative estimate of drug-likeness (QED) is 0.500. The molecular formula is C22H29BrN6O3. The van der Waals surface area contributed by atoms with Gasteiger partial charge in [-0.25, -0.2) is 9.78 Å². The fourth-order valence-electron chi connectivity index (χ4n) is 5.09. The van der Waals surface area contributed by atoms with Gasteiger partial charge in [-0.3, -0.25) is 9.48 Å². The van der Waals surface area contributed by atoms with Gasteiger partial charge in [-0.15, -0.1) is 0 Å². The number of hydrogen-bond donors (Lipinski definition) is 4. The number of carboxylic acid groups (broad SMARTS) is 1.